The number of halogens is 1. The molecule has 0 aliphatic carbocycles. The number of nitrogens with one attached hydrogen (secondary N) is 1. The van der Waals surface area contributed by atoms with Gasteiger partial charge in [0.05, 0.1) is 12.3 Å². The average molecular weight is 522 g/mol. The number of piperazine rings is 1. The molecule has 0 saturated carbocycles. The lowest BCUT2D eigenvalue weighted by Crippen LogP contribution is -2.52. The quantitative estimate of drug-likeness (QED) is 0.365. The third kappa shape index (κ3) is 5.11. The van der Waals surface area contributed by atoms with Gasteiger partial charge < -0.3 is 25.0 Å². The summed E-state index contributed by atoms with van der Waals surface area (Å²) in [5, 5.41) is 13.6. The average Bonchev–Trinajstić information content (AvgIpc) is 2.77. The van der Waals surface area contributed by atoms with Crippen molar-refractivity contribution in [3.63, 3.8) is 0 Å². The number of ether oxygens (including phenoxy) is 1. The molecule has 1 unspecified atom stereocenters. The predicted molar refractivity (Wildman–Crippen MR) is 133 cm³/mol. The van der Waals surface area contributed by atoms with Crippen molar-refractivity contribution in [2.75, 3.05) is 50.8 Å². The Balaban J connectivity index is 0.00000256. The molecule has 2 heterocycles. The van der Waals surface area contributed by atoms with Crippen molar-refractivity contribution in [1.82, 2.24) is 10.2 Å². The normalized spacial score (nSPS) is 18.8. The lowest BCUT2D eigenvalue weighted by molar-refractivity contribution is 0.268. The SMILES string of the molecule is CCNC(=NCC1CCOc2ccccc21)N1CCN(c2ccccc2O)CC1.I. The van der Waals surface area contributed by atoms with Gasteiger partial charge in [-0.05, 0) is 37.1 Å². The van der Waals surface area contributed by atoms with Crippen LogP contribution in [0.1, 0.15) is 24.8 Å². The van der Waals surface area contributed by atoms with E-state index in [9.17, 15) is 5.11 Å². The first kappa shape index (κ1) is 22.5. The van der Waals surface area contributed by atoms with Gasteiger partial charge in [-0.15, -0.1) is 24.0 Å². The lowest BCUT2D eigenvalue weighted by Gasteiger charge is -2.38. The number of hydrogen-bond acceptors (Lipinski definition) is 4. The number of guanidine groups is 1. The number of aliphatic imine (C=N–C) groups is 1. The van der Waals surface area contributed by atoms with Crippen LogP contribution >= 0.6 is 24.0 Å². The zero-order valence-corrected chi connectivity index (χ0v) is 19.8. The first-order valence-corrected chi connectivity index (χ1v) is 10.5. The highest BCUT2D eigenvalue weighted by Crippen LogP contribution is 2.33. The summed E-state index contributed by atoms with van der Waals surface area (Å²) in [7, 11) is 0. The van der Waals surface area contributed by atoms with Gasteiger partial charge in [-0.2, -0.15) is 0 Å². The minimum Gasteiger partial charge on any atom is -0.506 e. The maximum Gasteiger partial charge on any atom is 0.194 e. The van der Waals surface area contributed by atoms with Gasteiger partial charge in [-0.25, -0.2) is 0 Å². The number of benzene rings is 2. The molecule has 2 aliphatic heterocycles. The van der Waals surface area contributed by atoms with Crippen LogP contribution in [0.2, 0.25) is 0 Å². The van der Waals surface area contributed by atoms with E-state index in [4.69, 9.17) is 9.73 Å². The van der Waals surface area contributed by atoms with Crippen LogP contribution in [0, 0.1) is 0 Å². The summed E-state index contributed by atoms with van der Waals surface area (Å²) in [6.45, 7) is 7.97. The summed E-state index contributed by atoms with van der Waals surface area (Å²) in [5.41, 5.74) is 2.18. The zero-order chi connectivity index (χ0) is 20.1. The van der Waals surface area contributed by atoms with Gasteiger partial charge in [0.15, 0.2) is 5.96 Å². The molecule has 0 bridgehead atoms. The zero-order valence-electron chi connectivity index (χ0n) is 17.5. The second kappa shape index (κ2) is 10.7. The van der Waals surface area contributed by atoms with Gasteiger partial charge in [0.2, 0.25) is 0 Å². The van der Waals surface area contributed by atoms with E-state index in [1.807, 2.05) is 24.3 Å². The molecule has 0 aromatic heterocycles. The monoisotopic (exact) mass is 522 g/mol. The molecule has 2 aliphatic rings. The molecule has 0 radical (unpaired) electrons. The van der Waals surface area contributed by atoms with Crippen molar-refractivity contribution >= 4 is 35.6 Å². The van der Waals surface area contributed by atoms with E-state index < -0.39 is 0 Å². The molecule has 4 rings (SSSR count). The van der Waals surface area contributed by atoms with E-state index in [1.54, 1.807) is 6.07 Å². The van der Waals surface area contributed by atoms with Crippen LogP contribution in [0.5, 0.6) is 11.5 Å². The van der Waals surface area contributed by atoms with E-state index in [1.165, 1.54) is 5.56 Å². The number of para-hydroxylation sites is 3. The van der Waals surface area contributed by atoms with Crippen LogP contribution in [0.25, 0.3) is 0 Å². The highest BCUT2D eigenvalue weighted by molar-refractivity contribution is 14.0. The first-order chi connectivity index (χ1) is 14.3. The standard InChI is InChI=1S/C23H30N4O2.HI/c1-2-24-23(25-17-18-11-16-29-22-10-6-3-7-19(18)22)27-14-12-26(13-15-27)20-8-4-5-9-21(20)28;/h3-10,18,28H,2,11-17H2,1H3,(H,24,25);1H. The molecule has 0 amide bonds. The molecule has 6 nitrogen and oxygen atoms in total. The van der Waals surface area contributed by atoms with Gasteiger partial charge in [-0.1, -0.05) is 30.3 Å². The Morgan fingerprint density at radius 3 is 2.60 bits per heavy atom. The summed E-state index contributed by atoms with van der Waals surface area (Å²) in [5.74, 6) is 2.73. The lowest BCUT2D eigenvalue weighted by atomic mass is 9.93. The molecular weight excluding hydrogens is 491 g/mol. The van der Waals surface area contributed by atoms with Crippen molar-refractivity contribution in [3.8, 4) is 11.5 Å². The minimum absolute atomic E-state index is 0. The Bertz CT molecular complexity index is 853. The van der Waals surface area contributed by atoms with Crippen molar-refractivity contribution in [2.45, 2.75) is 19.3 Å². The first-order valence-electron chi connectivity index (χ1n) is 10.5. The van der Waals surface area contributed by atoms with E-state index in [-0.39, 0.29) is 24.0 Å². The number of nitrogens with zero attached hydrogens (tertiary/aromatic N) is 3. The maximum absolute atomic E-state index is 10.1. The van der Waals surface area contributed by atoms with E-state index in [0.717, 1.165) is 69.7 Å². The fraction of sp³-hybridized carbons (Fsp3) is 0.435. The minimum atomic E-state index is 0. The van der Waals surface area contributed by atoms with Crippen LogP contribution < -0.4 is 15.0 Å². The van der Waals surface area contributed by atoms with E-state index in [0.29, 0.717) is 11.7 Å². The second-order valence-electron chi connectivity index (χ2n) is 7.53. The van der Waals surface area contributed by atoms with Gasteiger partial charge in [0, 0.05) is 45.2 Å². The molecule has 1 atom stereocenters. The highest BCUT2D eigenvalue weighted by atomic mass is 127. The Labute approximate surface area is 196 Å². The number of aromatic hydroxyl groups is 1. The Kier molecular flexibility index (Phi) is 8.07. The van der Waals surface area contributed by atoms with Gasteiger partial charge in [0.1, 0.15) is 11.5 Å². The van der Waals surface area contributed by atoms with Gasteiger partial charge >= 0.3 is 0 Å². The number of fused-ring (bicyclic) bond motifs is 1. The molecule has 162 valence electrons. The molecular formula is C23H31IN4O2. The van der Waals surface area contributed by atoms with E-state index in [2.05, 4.69) is 40.2 Å². The Hall–Kier alpha value is -2.16. The molecule has 7 heteroatoms. The van der Waals surface area contributed by atoms with Crippen LogP contribution in [0.4, 0.5) is 5.69 Å². The third-order valence-electron chi connectivity index (χ3n) is 5.68. The summed E-state index contributed by atoms with van der Waals surface area (Å²) in [6, 6.07) is 15.9. The predicted octanol–water partition coefficient (Wildman–Crippen LogP) is 3.66. The van der Waals surface area contributed by atoms with Crippen LogP contribution in [0.15, 0.2) is 53.5 Å². The van der Waals surface area contributed by atoms with Crippen LogP contribution in [0.3, 0.4) is 0 Å². The molecule has 1 fully saturated rings. The smallest absolute Gasteiger partial charge is 0.194 e. The van der Waals surface area contributed by atoms with Crippen molar-refractivity contribution < 1.29 is 9.84 Å². The highest BCUT2D eigenvalue weighted by Gasteiger charge is 2.23. The number of phenolic OH excluding ortho intramolecular Hbond substituents is 1. The summed E-state index contributed by atoms with van der Waals surface area (Å²) in [4.78, 5) is 9.55. The number of hydrogen-bond donors (Lipinski definition) is 2. The van der Waals surface area contributed by atoms with Crippen molar-refractivity contribution in [2.24, 2.45) is 4.99 Å². The molecule has 2 aromatic carbocycles. The summed E-state index contributed by atoms with van der Waals surface area (Å²) >= 11 is 0. The molecule has 30 heavy (non-hydrogen) atoms. The number of phenols is 1. The van der Waals surface area contributed by atoms with Crippen molar-refractivity contribution in [1.29, 1.82) is 0 Å². The summed E-state index contributed by atoms with van der Waals surface area (Å²) in [6.07, 6.45) is 1.00. The third-order valence-corrected chi connectivity index (χ3v) is 5.68. The molecule has 2 N–H and O–H groups in total. The maximum atomic E-state index is 10.1. The molecule has 2 aromatic rings. The molecule has 1 saturated heterocycles. The van der Waals surface area contributed by atoms with Gasteiger partial charge in [-0.3, -0.25) is 4.99 Å². The van der Waals surface area contributed by atoms with Gasteiger partial charge in [0.25, 0.3) is 0 Å². The topological polar surface area (TPSA) is 60.3 Å². The summed E-state index contributed by atoms with van der Waals surface area (Å²) < 4.78 is 5.79. The number of anilines is 1. The van der Waals surface area contributed by atoms with Crippen LogP contribution in [-0.2, 0) is 0 Å². The fourth-order valence-corrected chi connectivity index (χ4v) is 4.12. The van der Waals surface area contributed by atoms with Crippen LogP contribution in [-0.4, -0.2) is 61.8 Å². The second-order valence-corrected chi connectivity index (χ2v) is 7.53. The molecule has 0 spiro atoms. The largest absolute Gasteiger partial charge is 0.506 e. The Morgan fingerprint density at radius 1 is 1.10 bits per heavy atom. The number of rotatable bonds is 4. The fourth-order valence-electron chi connectivity index (χ4n) is 4.12. The van der Waals surface area contributed by atoms with E-state index >= 15 is 0 Å². The Morgan fingerprint density at radius 2 is 1.83 bits per heavy atom. The van der Waals surface area contributed by atoms with Crippen molar-refractivity contribution in [3.05, 3.63) is 54.1 Å².